The van der Waals surface area contributed by atoms with E-state index in [0.717, 1.165) is 17.8 Å². The fourth-order valence-electron chi connectivity index (χ4n) is 2.04. The molecular formula is C19H28N2. The Hall–Kier alpha value is -1.96. The van der Waals surface area contributed by atoms with Gasteiger partial charge in [0.1, 0.15) is 0 Å². The first kappa shape index (κ1) is 17.1. The maximum absolute atomic E-state index is 5.56. The third-order valence-electron chi connectivity index (χ3n) is 3.32. The molecule has 0 heterocycles. The van der Waals surface area contributed by atoms with Crippen molar-refractivity contribution in [3.8, 4) is 0 Å². The van der Waals surface area contributed by atoms with Crippen LogP contribution in [0.2, 0.25) is 0 Å². The first-order valence-electron chi connectivity index (χ1n) is 7.84. The Morgan fingerprint density at radius 2 is 1.05 bits per heavy atom. The van der Waals surface area contributed by atoms with Gasteiger partial charge in [-0.05, 0) is 54.7 Å². The van der Waals surface area contributed by atoms with E-state index in [-0.39, 0.29) is 0 Å². The summed E-state index contributed by atoms with van der Waals surface area (Å²) >= 11 is 0. The number of nitrogen functional groups attached to an aromatic ring is 2. The van der Waals surface area contributed by atoms with Crippen LogP contribution in [0.15, 0.2) is 48.5 Å². The molecule has 21 heavy (non-hydrogen) atoms. The Bertz CT molecular complexity index is 486. The van der Waals surface area contributed by atoms with E-state index in [1.54, 1.807) is 0 Å². The molecule has 4 N–H and O–H groups in total. The molecule has 0 radical (unpaired) electrons. The van der Waals surface area contributed by atoms with Crippen LogP contribution in [0.5, 0.6) is 0 Å². The SMILES string of the molecule is CCCCc1ccc(N)cc1.CCCc1ccc(N)cc1. The molecule has 2 rings (SSSR count). The van der Waals surface area contributed by atoms with Gasteiger partial charge in [-0.2, -0.15) is 0 Å². The first-order valence-corrected chi connectivity index (χ1v) is 7.84. The van der Waals surface area contributed by atoms with Crippen molar-refractivity contribution in [2.45, 2.75) is 46.0 Å². The van der Waals surface area contributed by atoms with Crippen molar-refractivity contribution < 1.29 is 0 Å². The lowest BCUT2D eigenvalue weighted by molar-refractivity contribution is 0.795. The largest absolute Gasteiger partial charge is 0.399 e. The molecule has 2 aromatic rings. The molecular weight excluding hydrogens is 256 g/mol. The smallest absolute Gasteiger partial charge is 0.0314 e. The summed E-state index contributed by atoms with van der Waals surface area (Å²) in [7, 11) is 0. The van der Waals surface area contributed by atoms with Gasteiger partial charge in [-0.15, -0.1) is 0 Å². The van der Waals surface area contributed by atoms with E-state index < -0.39 is 0 Å². The van der Waals surface area contributed by atoms with Crippen molar-refractivity contribution in [1.82, 2.24) is 0 Å². The van der Waals surface area contributed by atoms with Gasteiger partial charge in [0, 0.05) is 11.4 Å². The fourth-order valence-corrected chi connectivity index (χ4v) is 2.04. The molecule has 0 unspecified atom stereocenters. The molecule has 0 aliphatic rings. The van der Waals surface area contributed by atoms with Crippen LogP contribution < -0.4 is 11.5 Å². The van der Waals surface area contributed by atoms with Crippen molar-refractivity contribution in [3.05, 3.63) is 59.7 Å². The summed E-state index contributed by atoms with van der Waals surface area (Å²) < 4.78 is 0. The lowest BCUT2D eigenvalue weighted by Gasteiger charge is -1.99. The molecule has 0 spiro atoms. The number of hydrogen-bond acceptors (Lipinski definition) is 2. The molecule has 0 aliphatic heterocycles. The van der Waals surface area contributed by atoms with E-state index in [0.29, 0.717) is 0 Å². The molecule has 2 nitrogen and oxygen atoms in total. The molecule has 0 amide bonds. The summed E-state index contributed by atoms with van der Waals surface area (Å²) in [4.78, 5) is 0. The van der Waals surface area contributed by atoms with Gasteiger partial charge < -0.3 is 11.5 Å². The van der Waals surface area contributed by atoms with Crippen molar-refractivity contribution in [1.29, 1.82) is 0 Å². The van der Waals surface area contributed by atoms with Gasteiger partial charge in [0.05, 0.1) is 0 Å². The highest BCUT2D eigenvalue weighted by molar-refractivity contribution is 5.39. The molecule has 0 aliphatic carbocycles. The number of rotatable bonds is 5. The summed E-state index contributed by atoms with van der Waals surface area (Å²) in [5.41, 5.74) is 15.5. The Morgan fingerprint density at radius 1 is 0.619 bits per heavy atom. The maximum atomic E-state index is 5.56. The van der Waals surface area contributed by atoms with Crippen LogP contribution in [0.3, 0.4) is 0 Å². The van der Waals surface area contributed by atoms with Crippen LogP contribution in [0.1, 0.15) is 44.2 Å². The fraction of sp³-hybridized carbons (Fsp3) is 0.368. The predicted molar refractivity (Wildman–Crippen MR) is 94.3 cm³/mol. The van der Waals surface area contributed by atoms with E-state index >= 15 is 0 Å². The molecule has 0 saturated heterocycles. The topological polar surface area (TPSA) is 52.0 Å². The van der Waals surface area contributed by atoms with E-state index in [4.69, 9.17) is 11.5 Å². The van der Waals surface area contributed by atoms with E-state index in [1.807, 2.05) is 24.3 Å². The number of unbranched alkanes of at least 4 members (excludes halogenated alkanes) is 1. The number of hydrogen-bond donors (Lipinski definition) is 2. The number of benzene rings is 2. The van der Waals surface area contributed by atoms with Gasteiger partial charge in [-0.25, -0.2) is 0 Å². The van der Waals surface area contributed by atoms with Gasteiger partial charge in [0.15, 0.2) is 0 Å². The van der Waals surface area contributed by atoms with Gasteiger partial charge in [-0.3, -0.25) is 0 Å². The zero-order valence-electron chi connectivity index (χ0n) is 13.3. The van der Waals surface area contributed by atoms with Crippen molar-refractivity contribution in [3.63, 3.8) is 0 Å². The van der Waals surface area contributed by atoms with Crippen LogP contribution in [0, 0.1) is 0 Å². The van der Waals surface area contributed by atoms with Gasteiger partial charge >= 0.3 is 0 Å². The second-order valence-electron chi connectivity index (χ2n) is 5.34. The second-order valence-corrected chi connectivity index (χ2v) is 5.34. The highest BCUT2D eigenvalue weighted by Crippen LogP contribution is 2.08. The highest BCUT2D eigenvalue weighted by atomic mass is 14.5. The summed E-state index contributed by atoms with van der Waals surface area (Å²) in [5, 5.41) is 0. The van der Waals surface area contributed by atoms with Crippen LogP contribution >= 0.6 is 0 Å². The van der Waals surface area contributed by atoms with E-state index in [9.17, 15) is 0 Å². The Balaban J connectivity index is 0.000000211. The highest BCUT2D eigenvalue weighted by Gasteiger charge is 1.90. The lowest BCUT2D eigenvalue weighted by atomic mass is 10.1. The third kappa shape index (κ3) is 7.40. The molecule has 0 bridgehead atoms. The monoisotopic (exact) mass is 284 g/mol. The molecule has 0 aromatic heterocycles. The van der Waals surface area contributed by atoms with E-state index in [1.165, 1.54) is 36.8 Å². The van der Waals surface area contributed by atoms with Crippen LogP contribution in [0.25, 0.3) is 0 Å². The van der Waals surface area contributed by atoms with Crippen LogP contribution in [-0.4, -0.2) is 0 Å². The van der Waals surface area contributed by atoms with Gasteiger partial charge in [-0.1, -0.05) is 51.0 Å². The molecule has 0 atom stereocenters. The summed E-state index contributed by atoms with van der Waals surface area (Å²) in [6, 6.07) is 16.2. The van der Waals surface area contributed by atoms with Crippen molar-refractivity contribution in [2.75, 3.05) is 11.5 Å². The number of nitrogens with two attached hydrogens (primary N) is 2. The average molecular weight is 284 g/mol. The average Bonchev–Trinajstić information content (AvgIpc) is 2.50. The summed E-state index contributed by atoms with van der Waals surface area (Å²) in [6.07, 6.45) is 6.05. The second kappa shape index (κ2) is 9.87. The normalized spacial score (nSPS) is 9.81. The first-order chi connectivity index (χ1) is 10.2. The van der Waals surface area contributed by atoms with Crippen molar-refractivity contribution >= 4 is 11.4 Å². The predicted octanol–water partition coefficient (Wildman–Crippen LogP) is 4.83. The minimum Gasteiger partial charge on any atom is -0.399 e. The van der Waals surface area contributed by atoms with Crippen LogP contribution in [-0.2, 0) is 12.8 Å². The molecule has 0 saturated carbocycles. The minimum atomic E-state index is 0.847. The molecule has 2 heteroatoms. The Morgan fingerprint density at radius 3 is 1.43 bits per heavy atom. The standard InChI is InChI=1S/C10H15N.C9H13N/c1-2-3-4-9-5-7-10(11)8-6-9;1-2-3-8-4-6-9(10)7-5-8/h5-8H,2-4,11H2,1H3;4-7H,2-3,10H2,1H3. The van der Waals surface area contributed by atoms with E-state index in [2.05, 4.69) is 38.1 Å². The quantitative estimate of drug-likeness (QED) is 0.772. The Labute approximate surface area is 129 Å². The Kier molecular flexibility index (Phi) is 8.03. The lowest BCUT2D eigenvalue weighted by Crippen LogP contribution is -1.87. The minimum absolute atomic E-state index is 0.847. The van der Waals surface area contributed by atoms with Crippen molar-refractivity contribution in [2.24, 2.45) is 0 Å². The number of anilines is 2. The molecule has 114 valence electrons. The molecule has 0 fully saturated rings. The zero-order valence-corrected chi connectivity index (χ0v) is 13.3. The van der Waals surface area contributed by atoms with Crippen LogP contribution in [0.4, 0.5) is 11.4 Å². The van der Waals surface area contributed by atoms with Gasteiger partial charge in [0.25, 0.3) is 0 Å². The van der Waals surface area contributed by atoms with Gasteiger partial charge in [0.2, 0.25) is 0 Å². The maximum Gasteiger partial charge on any atom is 0.0314 e. The number of aryl methyl sites for hydroxylation is 2. The zero-order chi connectivity index (χ0) is 15.5. The third-order valence-corrected chi connectivity index (χ3v) is 3.32. The summed E-state index contributed by atoms with van der Waals surface area (Å²) in [5.74, 6) is 0. The summed E-state index contributed by atoms with van der Waals surface area (Å²) in [6.45, 7) is 4.38. The molecule has 2 aromatic carbocycles.